The van der Waals surface area contributed by atoms with Gasteiger partial charge in [0.25, 0.3) is 0 Å². The normalized spacial score (nSPS) is 17.0. The van der Waals surface area contributed by atoms with E-state index < -0.39 is 118 Å². The summed E-state index contributed by atoms with van der Waals surface area (Å²) in [5.41, 5.74) is -1.17. The molecule has 0 bridgehead atoms. The molecule has 14 amide bonds. The van der Waals surface area contributed by atoms with Gasteiger partial charge in [-0.05, 0) is 220 Å². The molecule has 0 aromatic rings. The number of amides is 14. The second-order valence-electron chi connectivity index (χ2n) is 37.3. The molecule has 0 aromatic carbocycles. The van der Waals surface area contributed by atoms with Gasteiger partial charge < -0.3 is 89.4 Å². The number of imide groups is 2. The van der Waals surface area contributed by atoms with Crippen molar-refractivity contribution in [2.24, 2.45) is 11.8 Å². The molecule has 34 heteroatoms. The van der Waals surface area contributed by atoms with E-state index in [0.29, 0.717) is 174 Å². The largest absolute Gasteiger partial charge is 0.462 e. The van der Waals surface area contributed by atoms with Gasteiger partial charge in [0.05, 0.1) is 38.0 Å². The number of hydrogen-bond donors (Lipinski definition) is 6. The topological polar surface area (TPSA) is 404 Å². The van der Waals surface area contributed by atoms with Crippen LogP contribution in [0.1, 0.15) is 291 Å². The van der Waals surface area contributed by atoms with Gasteiger partial charge in [-0.3, -0.25) is 9.59 Å². The smallest absolute Gasteiger partial charge is 0.418 e. The molecule has 3 aliphatic rings. The van der Waals surface area contributed by atoms with E-state index in [4.69, 9.17) is 37.9 Å². The average Bonchev–Trinajstić information content (AvgIpc) is 0.842. The summed E-state index contributed by atoms with van der Waals surface area (Å²) in [6.07, 6.45) is 11.0. The van der Waals surface area contributed by atoms with Crippen LogP contribution in [0.2, 0.25) is 0 Å². The highest BCUT2D eigenvalue weighted by Crippen LogP contribution is 2.35. The number of esters is 6. The van der Waals surface area contributed by atoms with Crippen molar-refractivity contribution < 1.29 is 105 Å². The summed E-state index contributed by atoms with van der Waals surface area (Å²) in [4.78, 5) is 194. The summed E-state index contributed by atoms with van der Waals surface area (Å²) < 4.78 is 45.4. The first-order chi connectivity index (χ1) is 59.2. The Morgan fingerprint density at radius 3 is 0.722 bits per heavy atom. The average molecular weight is 1780 g/mol. The van der Waals surface area contributed by atoms with Gasteiger partial charge in [0.15, 0.2) is 0 Å². The molecule has 6 N–H and O–H groups in total. The van der Waals surface area contributed by atoms with Crippen LogP contribution in [0.15, 0.2) is 48.6 Å². The standard InChI is InChI=1S/C92H156N12O22/c1-65(2)75(105)119-58-54-101(89(9,10)11)83(113)95-48-31-23-21-29-46-93-81(111)99(52-35-27-25-33-50-97-85(115)103(91(15,16)17)56-60-121-77(107)67(5)6)87(117)125-73-44-38-42-71(63-73)123-79(109)69-40-37-41-70(62-69)80(110)124-72-43-39-45-74(64-72)126-88(118)100(53-36-28-26-34-51-98-86(116)104(92(18,19)20)57-61-122-78(108)68(7)8)82(112)94-47-30-22-24-32-49-96-84(114)102(90(12,13)14)55-59-120-76(106)66(3)4/h69-74H,1,3,5,7,21-64H2,2,4,6,8-20H3,(H,93,111)(H,94,112)(H,95,113)(H,96,114)(H,97,115)(H,98,116). The molecule has 6 unspecified atom stereocenters. The van der Waals surface area contributed by atoms with Crippen molar-refractivity contribution in [3.63, 3.8) is 0 Å². The molecule has 716 valence electrons. The second kappa shape index (κ2) is 57.2. The van der Waals surface area contributed by atoms with E-state index in [1.54, 1.807) is 47.3 Å². The van der Waals surface area contributed by atoms with Crippen LogP contribution in [-0.2, 0) is 66.7 Å². The fraction of sp³-hybridized carbons (Fsp3) is 0.761. The Kier molecular flexibility index (Phi) is 50.2. The highest BCUT2D eigenvalue weighted by Gasteiger charge is 2.40. The maximum Gasteiger partial charge on any atom is 0.418 e. The first-order valence-electron chi connectivity index (χ1n) is 45.7. The van der Waals surface area contributed by atoms with E-state index in [-0.39, 0.29) is 144 Å². The zero-order chi connectivity index (χ0) is 94.3. The van der Waals surface area contributed by atoms with Gasteiger partial charge in [-0.15, -0.1) is 0 Å². The monoisotopic (exact) mass is 1780 g/mol. The highest BCUT2D eigenvalue weighted by atomic mass is 16.6. The number of ether oxygens (including phenoxy) is 8. The van der Waals surface area contributed by atoms with Gasteiger partial charge in [0.1, 0.15) is 50.8 Å². The Bertz CT molecular complexity index is 3340. The van der Waals surface area contributed by atoms with E-state index in [1.165, 1.54) is 0 Å². The number of carbonyl (C=O) groups excluding carboxylic acids is 14. The predicted molar refractivity (Wildman–Crippen MR) is 479 cm³/mol. The lowest BCUT2D eigenvalue weighted by atomic mass is 9.81. The quantitative estimate of drug-likeness (QED) is 0.0143. The Morgan fingerprint density at radius 2 is 0.492 bits per heavy atom. The van der Waals surface area contributed by atoms with E-state index >= 15 is 0 Å². The molecule has 3 aliphatic carbocycles. The molecule has 0 aliphatic heterocycles. The van der Waals surface area contributed by atoms with Crippen LogP contribution >= 0.6 is 0 Å². The van der Waals surface area contributed by atoms with Gasteiger partial charge >= 0.3 is 84.2 Å². The van der Waals surface area contributed by atoms with Gasteiger partial charge in [-0.1, -0.05) is 84.1 Å². The fourth-order valence-corrected chi connectivity index (χ4v) is 14.6. The summed E-state index contributed by atoms with van der Waals surface area (Å²) >= 11 is 0. The van der Waals surface area contributed by atoms with E-state index in [0.717, 1.165) is 22.6 Å². The Hall–Kier alpha value is -9.66. The molecule has 3 fully saturated rings. The first-order valence-corrected chi connectivity index (χ1v) is 45.7. The molecule has 6 atom stereocenters. The van der Waals surface area contributed by atoms with Crippen molar-refractivity contribution in [1.82, 2.24) is 61.3 Å². The summed E-state index contributed by atoms with van der Waals surface area (Å²) in [5.74, 6) is -4.26. The van der Waals surface area contributed by atoms with E-state index in [1.807, 2.05) is 83.1 Å². The number of rotatable bonds is 50. The van der Waals surface area contributed by atoms with Crippen LogP contribution in [-0.4, -0.2) is 265 Å². The predicted octanol–water partition coefficient (Wildman–Crippen LogP) is 14.8. The number of nitrogens with zero attached hydrogens (tertiary/aromatic N) is 6. The molecular formula is C92H156N12O22. The Balaban J connectivity index is 1.63. The number of unbranched alkanes of at least 4 members (excludes halogenated alkanes) is 12. The van der Waals surface area contributed by atoms with Crippen LogP contribution in [0.25, 0.3) is 0 Å². The maximum absolute atomic E-state index is 14.2. The molecule has 0 spiro atoms. The Morgan fingerprint density at radius 1 is 0.278 bits per heavy atom. The van der Waals surface area contributed by atoms with Crippen molar-refractivity contribution in [3.05, 3.63) is 48.6 Å². The third kappa shape index (κ3) is 44.2. The van der Waals surface area contributed by atoms with E-state index in [9.17, 15) is 67.1 Å². The molecule has 126 heavy (non-hydrogen) atoms. The third-order valence-electron chi connectivity index (χ3n) is 21.8. The number of hydrogen-bond acceptors (Lipinski definition) is 22. The number of nitrogens with one attached hydrogen (secondary N) is 6. The van der Waals surface area contributed by atoms with Crippen molar-refractivity contribution in [2.75, 3.05) is 105 Å². The lowest BCUT2D eigenvalue weighted by molar-refractivity contribution is -0.164. The zero-order valence-corrected chi connectivity index (χ0v) is 79.1. The number of carbonyl (C=O) groups is 14. The van der Waals surface area contributed by atoms with Crippen LogP contribution in [0.4, 0.5) is 38.4 Å². The van der Waals surface area contributed by atoms with Crippen molar-refractivity contribution in [3.8, 4) is 0 Å². The van der Waals surface area contributed by atoms with Crippen molar-refractivity contribution in [2.45, 2.75) is 337 Å². The van der Waals surface area contributed by atoms with Crippen LogP contribution in [0.5, 0.6) is 0 Å². The molecule has 0 saturated heterocycles. The van der Waals surface area contributed by atoms with Crippen LogP contribution in [0.3, 0.4) is 0 Å². The van der Waals surface area contributed by atoms with Gasteiger partial charge in [-0.25, -0.2) is 67.3 Å². The molecule has 0 radical (unpaired) electrons. The van der Waals surface area contributed by atoms with Crippen LogP contribution in [0, 0.1) is 11.8 Å². The van der Waals surface area contributed by atoms with Gasteiger partial charge in [-0.2, -0.15) is 0 Å². The minimum Gasteiger partial charge on any atom is -0.462 e. The Labute approximate surface area is 749 Å². The van der Waals surface area contributed by atoms with E-state index in [2.05, 4.69) is 58.2 Å². The lowest BCUT2D eigenvalue weighted by Crippen LogP contribution is -2.52. The summed E-state index contributed by atoms with van der Waals surface area (Å²) in [6, 6.07) is -2.46. The summed E-state index contributed by atoms with van der Waals surface area (Å²) in [7, 11) is 0. The summed E-state index contributed by atoms with van der Waals surface area (Å²) in [5, 5.41) is 17.6. The van der Waals surface area contributed by atoms with Crippen LogP contribution < -0.4 is 31.9 Å². The lowest BCUT2D eigenvalue weighted by Gasteiger charge is -2.35. The molecule has 34 nitrogen and oxygen atoms in total. The molecule has 3 rings (SSSR count). The summed E-state index contributed by atoms with van der Waals surface area (Å²) in [6.45, 7) is 46.2. The van der Waals surface area contributed by atoms with Gasteiger partial charge in [0, 0.05) is 110 Å². The minimum atomic E-state index is -0.839. The number of urea groups is 6. The van der Waals surface area contributed by atoms with Gasteiger partial charge in [0.2, 0.25) is 0 Å². The molecular weight excluding hydrogens is 1630 g/mol. The highest BCUT2D eigenvalue weighted by molar-refractivity contribution is 5.92. The zero-order valence-electron chi connectivity index (χ0n) is 79.1. The fourth-order valence-electron chi connectivity index (χ4n) is 14.6. The third-order valence-corrected chi connectivity index (χ3v) is 21.8. The molecule has 0 aromatic heterocycles. The van der Waals surface area contributed by atoms with Crippen molar-refractivity contribution in [1.29, 1.82) is 0 Å². The first kappa shape index (κ1) is 111. The SMILES string of the molecule is C=C(C)C(=O)OCCN(C(=O)NCCCCCCNC(=O)N(CCCCCCNC(=O)N(CCOC(=O)C(=C)C)C(C)(C)C)C(=O)OC1CCCC(OC(=O)C2CCCC(C(=O)OC3CCCC(OC(=O)N(CCCCCCNC(=O)N(CCOC(=O)C(=C)C)C(C)(C)C)C(=O)NCCCCCCNC(=O)N(CCOC(=O)C(=C)C)C(C)(C)C)C3)C2)C1)C(C)(C)C. The molecule has 0 heterocycles. The second-order valence-corrected chi connectivity index (χ2v) is 37.3. The van der Waals surface area contributed by atoms with Crippen molar-refractivity contribution >= 4 is 84.2 Å². The molecule has 3 saturated carbocycles. The minimum absolute atomic E-state index is 0.00393. The maximum atomic E-state index is 14.2.